The fourth-order valence-corrected chi connectivity index (χ4v) is 2.06. The molecule has 0 atom stereocenters. The first-order chi connectivity index (χ1) is 9.75. The molecular formula is C16H12N2O2. The Morgan fingerprint density at radius 2 is 1.40 bits per heavy atom. The third-order valence-corrected chi connectivity index (χ3v) is 3.07. The maximum atomic E-state index is 12.2. The van der Waals surface area contributed by atoms with Crippen LogP contribution in [0.4, 0.5) is 0 Å². The molecule has 0 spiro atoms. The Labute approximate surface area is 116 Å². The van der Waals surface area contributed by atoms with Crippen LogP contribution in [-0.2, 0) is 0 Å². The lowest BCUT2D eigenvalue weighted by atomic mass is 10.2. The van der Waals surface area contributed by atoms with Gasteiger partial charge in [-0.2, -0.15) is 9.46 Å². The molecule has 0 aliphatic rings. The molecule has 1 aromatic heterocycles. The molecule has 0 unspecified atom stereocenters. The smallest absolute Gasteiger partial charge is 0.290 e. The first kappa shape index (κ1) is 12.2. The van der Waals surface area contributed by atoms with E-state index in [0.717, 1.165) is 10.3 Å². The lowest BCUT2D eigenvalue weighted by Crippen LogP contribution is -2.40. The molecule has 0 amide bonds. The molecule has 0 aliphatic heterocycles. The molecule has 1 heterocycles. The SMILES string of the molecule is [O-][n+]1cc(C=Cc2ccccc2)[n+]([O-])c2ccccc21. The summed E-state index contributed by atoms with van der Waals surface area (Å²) in [6.07, 6.45) is 4.73. The maximum Gasteiger partial charge on any atom is 0.290 e. The van der Waals surface area contributed by atoms with E-state index in [-0.39, 0.29) is 0 Å². The highest BCUT2D eigenvalue weighted by Crippen LogP contribution is 2.08. The normalized spacial score (nSPS) is 11.2. The van der Waals surface area contributed by atoms with E-state index in [0.29, 0.717) is 21.5 Å². The van der Waals surface area contributed by atoms with Crippen LogP contribution in [0.15, 0.2) is 60.8 Å². The number of aromatic nitrogens is 2. The second kappa shape index (κ2) is 5.01. The van der Waals surface area contributed by atoms with Crippen molar-refractivity contribution >= 4 is 23.2 Å². The number of hydrogen-bond donors (Lipinski definition) is 0. The molecule has 0 N–H and O–H groups in total. The highest BCUT2D eigenvalue weighted by atomic mass is 16.5. The molecule has 0 aliphatic carbocycles. The molecular weight excluding hydrogens is 252 g/mol. The molecule has 0 bridgehead atoms. The van der Waals surface area contributed by atoms with Gasteiger partial charge in [0.25, 0.3) is 22.9 Å². The molecule has 3 aromatic rings. The number of para-hydroxylation sites is 2. The van der Waals surface area contributed by atoms with Gasteiger partial charge in [0.2, 0.25) is 0 Å². The summed E-state index contributed by atoms with van der Waals surface area (Å²) in [5.74, 6) is 0. The van der Waals surface area contributed by atoms with Crippen molar-refractivity contribution in [1.82, 2.24) is 0 Å². The minimum atomic E-state index is 0.308. The Bertz CT molecular complexity index is 783. The largest absolute Gasteiger partial charge is 0.618 e. The van der Waals surface area contributed by atoms with Crippen LogP contribution < -0.4 is 9.46 Å². The first-order valence-electron chi connectivity index (χ1n) is 6.23. The van der Waals surface area contributed by atoms with E-state index >= 15 is 0 Å². The fraction of sp³-hybridized carbons (Fsp3) is 0. The monoisotopic (exact) mass is 264 g/mol. The molecule has 0 radical (unpaired) electrons. The molecule has 4 nitrogen and oxygen atoms in total. The summed E-state index contributed by atoms with van der Waals surface area (Å²) in [5.41, 5.74) is 2.00. The van der Waals surface area contributed by atoms with Crippen molar-refractivity contribution in [2.45, 2.75) is 0 Å². The quantitative estimate of drug-likeness (QED) is 0.526. The average molecular weight is 264 g/mol. The molecule has 3 rings (SSSR count). The van der Waals surface area contributed by atoms with Crippen LogP contribution in [0, 0.1) is 10.4 Å². The summed E-state index contributed by atoms with van der Waals surface area (Å²) in [6, 6.07) is 16.3. The van der Waals surface area contributed by atoms with Crippen molar-refractivity contribution in [2.75, 3.05) is 0 Å². The van der Waals surface area contributed by atoms with Crippen LogP contribution in [0.25, 0.3) is 23.2 Å². The zero-order valence-electron chi connectivity index (χ0n) is 10.6. The van der Waals surface area contributed by atoms with Crippen LogP contribution in [0.2, 0.25) is 0 Å². The van der Waals surface area contributed by atoms with E-state index in [1.54, 1.807) is 36.4 Å². The molecule has 20 heavy (non-hydrogen) atoms. The summed E-state index contributed by atoms with van der Waals surface area (Å²) in [6.45, 7) is 0. The Morgan fingerprint density at radius 3 is 2.15 bits per heavy atom. The molecule has 98 valence electrons. The van der Waals surface area contributed by atoms with Gasteiger partial charge in [0.15, 0.2) is 0 Å². The second-order valence-corrected chi connectivity index (χ2v) is 4.41. The Morgan fingerprint density at radius 1 is 0.750 bits per heavy atom. The second-order valence-electron chi connectivity index (χ2n) is 4.41. The lowest BCUT2D eigenvalue weighted by Gasteiger charge is -2.05. The van der Waals surface area contributed by atoms with Gasteiger partial charge in [0.05, 0.1) is 0 Å². The Kier molecular flexibility index (Phi) is 3.05. The van der Waals surface area contributed by atoms with Gasteiger partial charge >= 0.3 is 0 Å². The van der Waals surface area contributed by atoms with Crippen LogP contribution in [0.3, 0.4) is 0 Å². The minimum absolute atomic E-state index is 0.308. The van der Waals surface area contributed by atoms with E-state index in [4.69, 9.17) is 0 Å². The van der Waals surface area contributed by atoms with Crippen LogP contribution >= 0.6 is 0 Å². The van der Waals surface area contributed by atoms with E-state index in [2.05, 4.69) is 0 Å². The van der Waals surface area contributed by atoms with Crippen molar-refractivity contribution in [3.63, 3.8) is 0 Å². The van der Waals surface area contributed by atoms with Gasteiger partial charge in [-0.25, -0.2) is 0 Å². The van der Waals surface area contributed by atoms with E-state index in [9.17, 15) is 10.4 Å². The fourth-order valence-electron chi connectivity index (χ4n) is 2.06. The number of hydrogen-bond acceptors (Lipinski definition) is 2. The Balaban J connectivity index is 2.09. The van der Waals surface area contributed by atoms with Gasteiger partial charge in [-0.3, -0.25) is 0 Å². The first-order valence-corrected chi connectivity index (χ1v) is 6.23. The average Bonchev–Trinajstić information content (AvgIpc) is 2.50. The summed E-state index contributed by atoms with van der Waals surface area (Å²) < 4.78 is 1.48. The van der Waals surface area contributed by atoms with Gasteiger partial charge in [-0.1, -0.05) is 42.5 Å². The van der Waals surface area contributed by atoms with Gasteiger partial charge in [-0.05, 0) is 11.6 Å². The van der Waals surface area contributed by atoms with Crippen molar-refractivity contribution < 1.29 is 9.46 Å². The van der Waals surface area contributed by atoms with Gasteiger partial charge in [-0.15, -0.1) is 0 Å². The van der Waals surface area contributed by atoms with E-state index in [1.165, 1.54) is 6.20 Å². The van der Waals surface area contributed by atoms with Crippen LogP contribution in [0.1, 0.15) is 11.3 Å². The van der Waals surface area contributed by atoms with Crippen molar-refractivity contribution in [3.8, 4) is 0 Å². The van der Waals surface area contributed by atoms with Gasteiger partial charge in [0, 0.05) is 18.2 Å². The lowest BCUT2D eigenvalue weighted by molar-refractivity contribution is -0.630. The standard InChI is InChI=1S/C16H12N2O2/c19-17-12-14(11-10-13-6-2-1-3-7-13)18(20)16-9-5-4-8-15(16)17/h1-12H. The van der Waals surface area contributed by atoms with Crippen LogP contribution in [-0.4, -0.2) is 0 Å². The molecule has 2 aromatic carbocycles. The zero-order chi connectivity index (χ0) is 13.9. The number of benzene rings is 2. The predicted molar refractivity (Wildman–Crippen MR) is 77.2 cm³/mol. The van der Waals surface area contributed by atoms with Gasteiger partial charge in [0.1, 0.15) is 0 Å². The van der Waals surface area contributed by atoms with Crippen LogP contribution in [0.5, 0.6) is 0 Å². The number of fused-ring (bicyclic) bond motifs is 1. The van der Waals surface area contributed by atoms with Crippen molar-refractivity contribution in [2.24, 2.45) is 0 Å². The van der Waals surface area contributed by atoms with Crippen molar-refractivity contribution in [1.29, 1.82) is 0 Å². The third-order valence-electron chi connectivity index (χ3n) is 3.07. The highest BCUT2D eigenvalue weighted by molar-refractivity contribution is 5.70. The third kappa shape index (κ3) is 2.19. The topological polar surface area (TPSA) is 53.9 Å². The summed E-state index contributed by atoms with van der Waals surface area (Å²) in [5, 5.41) is 24.1. The van der Waals surface area contributed by atoms with E-state index in [1.807, 2.05) is 30.3 Å². The Hall–Kier alpha value is -2.88. The van der Waals surface area contributed by atoms with Gasteiger partial charge < -0.3 is 10.4 Å². The van der Waals surface area contributed by atoms with E-state index < -0.39 is 0 Å². The molecule has 4 heteroatoms. The number of rotatable bonds is 2. The molecule has 0 fully saturated rings. The number of nitrogens with zero attached hydrogens (tertiary/aromatic N) is 2. The summed E-state index contributed by atoms with van der Waals surface area (Å²) >= 11 is 0. The molecule has 0 saturated heterocycles. The van der Waals surface area contributed by atoms with Crippen molar-refractivity contribution in [3.05, 3.63) is 82.5 Å². The summed E-state index contributed by atoms with van der Waals surface area (Å²) in [7, 11) is 0. The zero-order valence-corrected chi connectivity index (χ0v) is 10.6. The summed E-state index contributed by atoms with van der Waals surface area (Å²) in [4.78, 5) is 0. The minimum Gasteiger partial charge on any atom is -0.618 e. The highest BCUT2D eigenvalue weighted by Gasteiger charge is 2.16. The predicted octanol–water partition coefficient (Wildman–Crippen LogP) is 2.28. The molecule has 0 saturated carbocycles. The maximum absolute atomic E-state index is 12.2.